The average Bonchev–Trinajstić information content (AvgIpc) is 2.01. The molecule has 60 valence electrons. The molecule has 1 heterocycles. The van der Waals surface area contributed by atoms with Crippen molar-refractivity contribution in [3.63, 3.8) is 0 Å². The molecule has 0 aliphatic heterocycles. The van der Waals surface area contributed by atoms with Crippen LogP contribution in [0.25, 0.3) is 0 Å². The van der Waals surface area contributed by atoms with Crippen molar-refractivity contribution in [2.24, 2.45) is 0 Å². The number of halogens is 2. The molecule has 0 bridgehead atoms. The van der Waals surface area contributed by atoms with Crippen LogP contribution in [0.1, 0.15) is 0 Å². The maximum absolute atomic E-state index is 10.9. The van der Waals surface area contributed by atoms with Crippen molar-refractivity contribution in [2.75, 3.05) is 0 Å². The summed E-state index contributed by atoms with van der Waals surface area (Å²) in [6.45, 7) is -0.504. The van der Waals surface area contributed by atoms with Gasteiger partial charge < -0.3 is 5.11 Å². The number of aliphatic hydroxyl groups is 1. The molecule has 0 spiro atoms. The molecule has 1 N–H and O–H groups in total. The molecule has 0 fully saturated rings. The van der Waals surface area contributed by atoms with E-state index in [9.17, 15) is 4.79 Å². The lowest BCUT2D eigenvalue weighted by Gasteiger charge is -1.99. The predicted octanol–water partition coefficient (Wildman–Crippen LogP) is 0.500. The minimum atomic E-state index is -0.596. The maximum Gasteiger partial charge on any atom is 0.289 e. The van der Waals surface area contributed by atoms with Gasteiger partial charge in [-0.3, -0.25) is 4.79 Å². The minimum Gasteiger partial charge on any atom is -0.374 e. The molecule has 0 unspecified atom stereocenters. The SMILES string of the molecule is O=c1c(Cl)c(Cl)cnn1CO. The zero-order valence-corrected chi connectivity index (χ0v) is 6.80. The van der Waals surface area contributed by atoms with Crippen LogP contribution in [-0.4, -0.2) is 14.9 Å². The number of aliphatic hydroxyl groups excluding tert-OH is 1. The fourth-order valence-corrected chi connectivity index (χ4v) is 0.817. The monoisotopic (exact) mass is 194 g/mol. The standard InChI is InChI=1S/C5H4Cl2N2O2/c6-3-1-8-9(2-10)5(11)4(3)7/h1,10H,2H2. The Morgan fingerprint density at radius 2 is 2.27 bits per heavy atom. The van der Waals surface area contributed by atoms with Crippen LogP contribution in [0.4, 0.5) is 0 Å². The predicted molar refractivity (Wildman–Crippen MR) is 40.7 cm³/mol. The molecule has 0 aliphatic carbocycles. The molecular formula is C5H4Cl2N2O2. The topological polar surface area (TPSA) is 55.1 Å². The molecule has 4 nitrogen and oxygen atoms in total. The molecule has 0 saturated carbocycles. The number of hydrogen-bond acceptors (Lipinski definition) is 3. The van der Waals surface area contributed by atoms with Gasteiger partial charge >= 0.3 is 0 Å². The summed E-state index contributed by atoms with van der Waals surface area (Å²) in [7, 11) is 0. The zero-order valence-electron chi connectivity index (χ0n) is 5.29. The molecule has 0 amide bonds. The second kappa shape index (κ2) is 3.21. The summed E-state index contributed by atoms with van der Waals surface area (Å²) >= 11 is 10.9. The maximum atomic E-state index is 10.9. The van der Waals surface area contributed by atoms with Crippen LogP contribution < -0.4 is 5.56 Å². The van der Waals surface area contributed by atoms with Gasteiger partial charge in [0.2, 0.25) is 0 Å². The molecule has 0 radical (unpaired) electrons. The number of hydrogen-bond donors (Lipinski definition) is 1. The van der Waals surface area contributed by atoms with Crippen LogP contribution in [-0.2, 0) is 6.73 Å². The van der Waals surface area contributed by atoms with E-state index >= 15 is 0 Å². The smallest absolute Gasteiger partial charge is 0.289 e. The van der Waals surface area contributed by atoms with E-state index in [0.29, 0.717) is 0 Å². The fourth-order valence-electron chi connectivity index (χ4n) is 0.546. The summed E-state index contributed by atoms with van der Waals surface area (Å²) in [6, 6.07) is 0. The largest absolute Gasteiger partial charge is 0.374 e. The van der Waals surface area contributed by atoms with E-state index in [1.807, 2.05) is 0 Å². The third kappa shape index (κ3) is 1.53. The Morgan fingerprint density at radius 3 is 2.82 bits per heavy atom. The summed E-state index contributed by atoms with van der Waals surface area (Å²) in [4.78, 5) is 10.9. The van der Waals surface area contributed by atoms with Crippen molar-refractivity contribution < 1.29 is 5.11 Å². The van der Waals surface area contributed by atoms with Crippen molar-refractivity contribution in [3.8, 4) is 0 Å². The molecule has 0 saturated heterocycles. The van der Waals surface area contributed by atoms with Gasteiger partial charge in [0, 0.05) is 0 Å². The zero-order chi connectivity index (χ0) is 8.43. The Labute approximate surface area is 72.0 Å². The van der Waals surface area contributed by atoms with E-state index in [-0.39, 0.29) is 10.0 Å². The highest BCUT2D eigenvalue weighted by atomic mass is 35.5. The number of rotatable bonds is 1. The molecular weight excluding hydrogens is 191 g/mol. The van der Waals surface area contributed by atoms with Crippen LogP contribution in [0.5, 0.6) is 0 Å². The second-order valence-corrected chi connectivity index (χ2v) is 2.54. The highest BCUT2D eigenvalue weighted by Gasteiger charge is 2.05. The van der Waals surface area contributed by atoms with Gasteiger partial charge in [0.15, 0.2) is 0 Å². The van der Waals surface area contributed by atoms with Crippen molar-refractivity contribution in [1.82, 2.24) is 9.78 Å². The molecule has 1 aromatic rings. The lowest BCUT2D eigenvalue weighted by molar-refractivity contribution is 0.189. The van der Waals surface area contributed by atoms with Gasteiger partial charge in [-0.1, -0.05) is 23.2 Å². The highest BCUT2D eigenvalue weighted by molar-refractivity contribution is 6.41. The normalized spacial score (nSPS) is 10.1. The molecule has 0 aliphatic rings. The molecule has 0 aromatic carbocycles. The van der Waals surface area contributed by atoms with Crippen LogP contribution in [0, 0.1) is 0 Å². The van der Waals surface area contributed by atoms with E-state index < -0.39 is 12.3 Å². The first-order valence-corrected chi connectivity index (χ1v) is 3.44. The van der Waals surface area contributed by atoms with Crippen LogP contribution in [0.3, 0.4) is 0 Å². The summed E-state index contributed by atoms with van der Waals surface area (Å²) in [5.74, 6) is 0. The van der Waals surface area contributed by atoms with Gasteiger partial charge in [-0.2, -0.15) is 5.10 Å². The highest BCUT2D eigenvalue weighted by Crippen LogP contribution is 2.14. The van der Waals surface area contributed by atoms with Gasteiger partial charge in [-0.25, -0.2) is 4.68 Å². The third-order valence-electron chi connectivity index (χ3n) is 1.08. The Hall–Kier alpha value is -0.580. The van der Waals surface area contributed by atoms with Crippen molar-refractivity contribution in [1.29, 1.82) is 0 Å². The van der Waals surface area contributed by atoms with Crippen molar-refractivity contribution in [3.05, 3.63) is 26.6 Å². The van der Waals surface area contributed by atoms with E-state index in [1.54, 1.807) is 0 Å². The van der Waals surface area contributed by atoms with Gasteiger partial charge in [0.05, 0.1) is 11.2 Å². The Balaban J connectivity index is 3.37. The van der Waals surface area contributed by atoms with Gasteiger partial charge in [-0.15, -0.1) is 0 Å². The summed E-state index contributed by atoms with van der Waals surface area (Å²) in [6.07, 6.45) is 1.20. The molecule has 11 heavy (non-hydrogen) atoms. The van der Waals surface area contributed by atoms with E-state index in [2.05, 4.69) is 5.10 Å². The first-order valence-electron chi connectivity index (χ1n) is 2.69. The molecule has 1 rings (SSSR count). The third-order valence-corrected chi connectivity index (χ3v) is 1.82. The average molecular weight is 195 g/mol. The Morgan fingerprint density at radius 1 is 1.64 bits per heavy atom. The van der Waals surface area contributed by atoms with Gasteiger partial charge in [-0.05, 0) is 0 Å². The lowest BCUT2D eigenvalue weighted by atomic mass is 10.6. The Bertz CT molecular complexity index is 323. The van der Waals surface area contributed by atoms with Crippen LogP contribution in [0.15, 0.2) is 11.0 Å². The molecule has 1 aromatic heterocycles. The summed E-state index contributed by atoms with van der Waals surface area (Å²) in [5, 5.41) is 12.0. The number of nitrogens with zero attached hydrogens (tertiary/aromatic N) is 2. The quantitative estimate of drug-likeness (QED) is 0.709. The van der Waals surface area contributed by atoms with Crippen molar-refractivity contribution in [2.45, 2.75) is 6.73 Å². The summed E-state index contributed by atoms with van der Waals surface area (Å²) in [5.41, 5.74) is -0.596. The van der Waals surface area contributed by atoms with E-state index in [0.717, 1.165) is 4.68 Å². The van der Waals surface area contributed by atoms with Crippen molar-refractivity contribution >= 4 is 23.2 Å². The van der Waals surface area contributed by atoms with Crippen LogP contribution >= 0.6 is 23.2 Å². The first-order chi connectivity index (χ1) is 5.16. The summed E-state index contributed by atoms with van der Waals surface area (Å²) < 4.78 is 0.800. The minimum absolute atomic E-state index is 0.0846. The fraction of sp³-hybridized carbons (Fsp3) is 0.200. The van der Waals surface area contributed by atoms with Gasteiger partial charge in [0.25, 0.3) is 5.56 Å². The Kier molecular flexibility index (Phi) is 2.49. The number of aromatic nitrogens is 2. The first kappa shape index (κ1) is 8.52. The second-order valence-electron chi connectivity index (χ2n) is 1.75. The molecule has 0 atom stereocenters. The lowest BCUT2D eigenvalue weighted by Crippen LogP contribution is -2.22. The van der Waals surface area contributed by atoms with E-state index in [1.165, 1.54) is 6.20 Å². The molecule has 6 heteroatoms. The van der Waals surface area contributed by atoms with Crippen LogP contribution in [0.2, 0.25) is 10.0 Å². The van der Waals surface area contributed by atoms with Gasteiger partial charge in [0.1, 0.15) is 11.8 Å². The van der Waals surface area contributed by atoms with E-state index in [4.69, 9.17) is 28.3 Å².